The molecule has 6 heteroatoms. The van der Waals surface area contributed by atoms with Crippen LogP contribution in [0.3, 0.4) is 0 Å². The molecule has 3 N–H and O–H groups in total. The number of rotatable bonds is 5. The lowest BCUT2D eigenvalue weighted by Crippen LogP contribution is -2.54. The van der Waals surface area contributed by atoms with Crippen LogP contribution in [0.4, 0.5) is 4.79 Å². The van der Waals surface area contributed by atoms with Crippen molar-refractivity contribution < 1.29 is 19.8 Å². The number of likely N-dealkylation sites (N-methyl/N-ethyl adjacent to an activating group) is 1. The third kappa shape index (κ3) is 5.06. The molecule has 0 heterocycles. The van der Waals surface area contributed by atoms with Gasteiger partial charge in [0.05, 0.1) is 24.1 Å². The van der Waals surface area contributed by atoms with Crippen LogP contribution < -0.4 is 5.32 Å². The number of nitrogens with zero attached hydrogens (tertiary/aromatic N) is 1. The van der Waals surface area contributed by atoms with Gasteiger partial charge in [0, 0.05) is 7.05 Å². The Morgan fingerprint density at radius 3 is 2.26 bits per heavy atom. The van der Waals surface area contributed by atoms with Crippen LogP contribution in [-0.4, -0.2) is 51.8 Å². The fourth-order valence-electron chi connectivity index (χ4n) is 2.66. The molecule has 0 aliphatic heterocycles. The van der Waals surface area contributed by atoms with Crippen LogP contribution in [-0.2, 0) is 4.79 Å². The Morgan fingerprint density at radius 2 is 1.84 bits per heavy atom. The van der Waals surface area contributed by atoms with Gasteiger partial charge in [0.25, 0.3) is 0 Å². The predicted molar refractivity (Wildman–Crippen MR) is 70.9 cm³/mol. The first kappa shape index (κ1) is 15.8. The van der Waals surface area contributed by atoms with Crippen molar-refractivity contribution in [2.75, 3.05) is 13.6 Å². The van der Waals surface area contributed by atoms with Crippen LogP contribution in [0.15, 0.2) is 0 Å². The summed E-state index contributed by atoms with van der Waals surface area (Å²) in [7, 11) is 1.59. The van der Waals surface area contributed by atoms with E-state index in [0.29, 0.717) is 12.8 Å². The minimum atomic E-state index is -0.971. The molecule has 0 unspecified atom stereocenters. The number of carboxylic acid groups (broad SMARTS) is 1. The minimum Gasteiger partial charge on any atom is -0.481 e. The fraction of sp³-hybridized carbons (Fsp3) is 0.846. The highest BCUT2D eigenvalue weighted by molar-refractivity contribution is 5.77. The number of urea groups is 1. The topological polar surface area (TPSA) is 89.9 Å². The Kier molecular flexibility index (Phi) is 4.79. The van der Waals surface area contributed by atoms with E-state index >= 15 is 0 Å². The van der Waals surface area contributed by atoms with E-state index in [0.717, 1.165) is 12.8 Å². The second kappa shape index (κ2) is 5.77. The Bertz CT molecular complexity index is 343. The lowest BCUT2D eigenvalue weighted by atomic mass is 9.93. The number of hydrogen-bond acceptors (Lipinski definition) is 3. The quantitative estimate of drug-likeness (QED) is 0.701. The maximum Gasteiger partial charge on any atom is 0.317 e. The van der Waals surface area contributed by atoms with Gasteiger partial charge in [-0.15, -0.1) is 0 Å². The van der Waals surface area contributed by atoms with E-state index in [4.69, 9.17) is 5.11 Å². The zero-order chi connectivity index (χ0) is 14.7. The number of nitrogens with one attached hydrogen (secondary N) is 1. The van der Waals surface area contributed by atoms with Gasteiger partial charge in [-0.2, -0.15) is 0 Å². The molecule has 1 aliphatic rings. The summed E-state index contributed by atoms with van der Waals surface area (Å²) in [6, 6.07) is -0.328. The third-order valence-corrected chi connectivity index (χ3v) is 3.39. The summed E-state index contributed by atoms with van der Waals surface area (Å²) in [5.74, 6) is -0.896. The third-order valence-electron chi connectivity index (χ3n) is 3.39. The molecule has 0 aromatic rings. The predicted octanol–water partition coefficient (Wildman–Crippen LogP) is 1.19. The van der Waals surface area contributed by atoms with Crippen molar-refractivity contribution in [3.63, 3.8) is 0 Å². The van der Waals surface area contributed by atoms with Gasteiger partial charge in [-0.1, -0.05) is 12.8 Å². The normalized spacial score (nSPS) is 18.1. The molecule has 0 atom stereocenters. The van der Waals surface area contributed by atoms with Gasteiger partial charge in [-0.3, -0.25) is 4.79 Å². The molecule has 0 aromatic carbocycles. The summed E-state index contributed by atoms with van der Waals surface area (Å²) >= 11 is 0. The van der Waals surface area contributed by atoms with Crippen molar-refractivity contribution in [1.82, 2.24) is 10.2 Å². The van der Waals surface area contributed by atoms with Crippen molar-refractivity contribution >= 4 is 12.0 Å². The molecule has 1 aliphatic carbocycles. The highest BCUT2D eigenvalue weighted by Crippen LogP contribution is 2.32. The molecule has 0 bridgehead atoms. The summed E-state index contributed by atoms with van der Waals surface area (Å²) in [5, 5.41) is 21.5. The molecule has 1 saturated carbocycles. The van der Waals surface area contributed by atoms with E-state index in [9.17, 15) is 14.7 Å². The first-order valence-electron chi connectivity index (χ1n) is 6.61. The van der Waals surface area contributed by atoms with Gasteiger partial charge < -0.3 is 20.4 Å². The summed E-state index contributed by atoms with van der Waals surface area (Å²) in [4.78, 5) is 24.4. The van der Waals surface area contributed by atoms with Crippen LogP contribution >= 0.6 is 0 Å². The Hall–Kier alpha value is -1.30. The number of carbonyl (C=O) groups excluding carboxylic acids is 1. The molecule has 110 valence electrons. The van der Waals surface area contributed by atoms with E-state index in [1.807, 2.05) is 0 Å². The number of amides is 2. The standard InChI is InChI=1S/C13H24N2O4/c1-12(2,19)9-15(3)11(18)14-13(8-10(16)17)6-4-5-7-13/h19H,4-9H2,1-3H3,(H,14,18)(H,16,17). The lowest BCUT2D eigenvalue weighted by Gasteiger charge is -2.33. The van der Waals surface area contributed by atoms with Gasteiger partial charge in [0.15, 0.2) is 0 Å². The highest BCUT2D eigenvalue weighted by atomic mass is 16.4. The molecule has 6 nitrogen and oxygen atoms in total. The Balaban J connectivity index is 2.64. The average molecular weight is 272 g/mol. The van der Waals surface area contributed by atoms with E-state index in [1.54, 1.807) is 20.9 Å². The lowest BCUT2D eigenvalue weighted by molar-refractivity contribution is -0.138. The van der Waals surface area contributed by atoms with Crippen LogP contribution in [0.1, 0.15) is 46.0 Å². The smallest absolute Gasteiger partial charge is 0.317 e. The van der Waals surface area contributed by atoms with Gasteiger partial charge in [-0.05, 0) is 26.7 Å². The number of carboxylic acids is 1. The van der Waals surface area contributed by atoms with Crippen LogP contribution in [0.2, 0.25) is 0 Å². The SMILES string of the molecule is CN(CC(C)(C)O)C(=O)NC1(CC(=O)O)CCCC1. The van der Waals surface area contributed by atoms with Crippen LogP contribution in [0, 0.1) is 0 Å². The summed E-state index contributed by atoms with van der Waals surface area (Å²) in [6.07, 6.45) is 3.21. The molecular weight excluding hydrogens is 248 g/mol. The largest absolute Gasteiger partial charge is 0.481 e. The molecule has 19 heavy (non-hydrogen) atoms. The van der Waals surface area contributed by atoms with E-state index in [-0.39, 0.29) is 19.0 Å². The van der Waals surface area contributed by atoms with Gasteiger partial charge in [0.2, 0.25) is 0 Å². The number of hydrogen-bond donors (Lipinski definition) is 3. The fourth-order valence-corrected chi connectivity index (χ4v) is 2.66. The maximum atomic E-state index is 12.1. The molecule has 0 spiro atoms. The van der Waals surface area contributed by atoms with Gasteiger partial charge in [0.1, 0.15) is 0 Å². The number of aliphatic carboxylic acids is 1. The zero-order valence-electron chi connectivity index (χ0n) is 11.9. The number of aliphatic hydroxyl groups is 1. The Labute approximate surface area is 113 Å². The second-order valence-corrected chi connectivity index (χ2v) is 6.16. The first-order valence-corrected chi connectivity index (χ1v) is 6.61. The first-order chi connectivity index (χ1) is 8.64. The van der Waals surface area contributed by atoms with Gasteiger partial charge >= 0.3 is 12.0 Å². The molecule has 0 saturated heterocycles. The molecule has 2 amide bonds. The summed E-state index contributed by atoms with van der Waals surface area (Å²) < 4.78 is 0. The maximum absolute atomic E-state index is 12.1. The van der Waals surface area contributed by atoms with Crippen molar-refractivity contribution in [2.45, 2.75) is 57.1 Å². The average Bonchev–Trinajstić information content (AvgIpc) is 2.62. The molecule has 1 fully saturated rings. The van der Waals surface area contributed by atoms with Crippen molar-refractivity contribution in [2.24, 2.45) is 0 Å². The number of carbonyl (C=O) groups is 2. The van der Waals surface area contributed by atoms with Gasteiger partial charge in [-0.25, -0.2) is 4.79 Å². The van der Waals surface area contributed by atoms with Crippen LogP contribution in [0.25, 0.3) is 0 Å². The molecule has 1 rings (SSSR count). The monoisotopic (exact) mass is 272 g/mol. The summed E-state index contributed by atoms with van der Waals surface area (Å²) in [6.45, 7) is 3.45. The van der Waals surface area contributed by atoms with E-state index in [2.05, 4.69) is 5.32 Å². The Morgan fingerprint density at radius 1 is 1.32 bits per heavy atom. The second-order valence-electron chi connectivity index (χ2n) is 6.16. The molecule has 0 aromatic heterocycles. The van der Waals surface area contributed by atoms with Crippen molar-refractivity contribution in [1.29, 1.82) is 0 Å². The van der Waals surface area contributed by atoms with Crippen LogP contribution in [0.5, 0.6) is 0 Å². The van der Waals surface area contributed by atoms with Crippen molar-refractivity contribution in [3.05, 3.63) is 0 Å². The van der Waals surface area contributed by atoms with E-state index < -0.39 is 17.1 Å². The molecule has 0 radical (unpaired) electrons. The summed E-state index contributed by atoms with van der Waals surface area (Å²) in [5.41, 5.74) is -1.60. The highest BCUT2D eigenvalue weighted by Gasteiger charge is 2.38. The minimum absolute atomic E-state index is 0.0465. The molecular formula is C13H24N2O4. The zero-order valence-corrected chi connectivity index (χ0v) is 11.9. The van der Waals surface area contributed by atoms with E-state index in [1.165, 1.54) is 4.90 Å². The van der Waals surface area contributed by atoms with Crippen molar-refractivity contribution in [3.8, 4) is 0 Å².